The molecule has 1 saturated heterocycles. The zero-order chi connectivity index (χ0) is 13.1. The lowest BCUT2D eigenvalue weighted by Crippen LogP contribution is -2.39. The average molecular weight is 257 g/mol. The van der Waals surface area contributed by atoms with Crippen molar-refractivity contribution in [2.45, 2.75) is 51.4 Å². The quantitative estimate of drug-likeness (QED) is 0.783. The second kappa shape index (κ2) is 6.09. The van der Waals surface area contributed by atoms with Gasteiger partial charge in [-0.05, 0) is 68.2 Å². The van der Waals surface area contributed by atoms with E-state index in [9.17, 15) is 0 Å². The topological polar surface area (TPSA) is 3.24 Å². The molecule has 1 aromatic rings. The fourth-order valence-corrected chi connectivity index (χ4v) is 4.07. The summed E-state index contributed by atoms with van der Waals surface area (Å²) < 4.78 is 0. The van der Waals surface area contributed by atoms with Crippen molar-refractivity contribution in [2.75, 3.05) is 19.6 Å². The van der Waals surface area contributed by atoms with Gasteiger partial charge in [0.15, 0.2) is 0 Å². The van der Waals surface area contributed by atoms with E-state index in [1.54, 1.807) is 11.1 Å². The Morgan fingerprint density at radius 2 is 2.11 bits per heavy atom. The van der Waals surface area contributed by atoms with Crippen molar-refractivity contribution in [3.63, 3.8) is 0 Å². The summed E-state index contributed by atoms with van der Waals surface area (Å²) >= 11 is 0. The van der Waals surface area contributed by atoms with Gasteiger partial charge < -0.3 is 4.90 Å². The number of hydrogen-bond donors (Lipinski definition) is 0. The third-order valence-electron chi connectivity index (χ3n) is 5.12. The molecule has 0 aromatic heterocycles. The van der Waals surface area contributed by atoms with Crippen LogP contribution in [0.5, 0.6) is 0 Å². The summed E-state index contributed by atoms with van der Waals surface area (Å²) in [5.74, 6) is 1.76. The molecule has 1 nitrogen and oxygen atoms in total. The maximum Gasteiger partial charge on any atom is 0.00155 e. The molecule has 3 rings (SSSR count). The summed E-state index contributed by atoms with van der Waals surface area (Å²) in [4.78, 5) is 2.72. The predicted molar refractivity (Wildman–Crippen MR) is 81.6 cm³/mol. The number of unbranched alkanes of at least 4 members (excludes halogenated alkanes) is 1. The molecule has 0 bridgehead atoms. The summed E-state index contributed by atoms with van der Waals surface area (Å²) in [6.07, 6.45) is 8.20. The van der Waals surface area contributed by atoms with E-state index in [0.29, 0.717) is 0 Å². The molecule has 104 valence electrons. The zero-order valence-corrected chi connectivity index (χ0v) is 12.3. The van der Waals surface area contributed by atoms with Crippen LogP contribution < -0.4 is 0 Å². The molecule has 1 heteroatoms. The van der Waals surface area contributed by atoms with Gasteiger partial charge in [0, 0.05) is 6.54 Å². The first-order chi connectivity index (χ1) is 9.38. The lowest BCUT2D eigenvalue weighted by Gasteiger charge is -2.38. The Hall–Kier alpha value is -0.820. The number of rotatable bonds is 3. The molecule has 1 aliphatic carbocycles. The van der Waals surface area contributed by atoms with Gasteiger partial charge in [-0.2, -0.15) is 0 Å². The SMILES string of the molecule is CCCCN1CC[C@@H]2c3ccccc3CCC[C@H]2C1. The van der Waals surface area contributed by atoms with E-state index < -0.39 is 0 Å². The number of hydrogen-bond acceptors (Lipinski definition) is 1. The van der Waals surface area contributed by atoms with Gasteiger partial charge >= 0.3 is 0 Å². The number of fused-ring (bicyclic) bond motifs is 3. The van der Waals surface area contributed by atoms with Crippen molar-refractivity contribution >= 4 is 0 Å². The molecule has 2 aliphatic rings. The van der Waals surface area contributed by atoms with Crippen LogP contribution >= 0.6 is 0 Å². The van der Waals surface area contributed by atoms with Crippen LogP contribution in [0.25, 0.3) is 0 Å². The first kappa shape index (κ1) is 13.2. The Morgan fingerprint density at radius 3 is 3.00 bits per heavy atom. The normalized spacial score (nSPS) is 27.4. The smallest absolute Gasteiger partial charge is 0.00155 e. The maximum atomic E-state index is 2.72. The van der Waals surface area contributed by atoms with E-state index in [0.717, 1.165) is 11.8 Å². The van der Waals surface area contributed by atoms with E-state index in [-0.39, 0.29) is 0 Å². The molecule has 1 aromatic carbocycles. The molecular formula is C18H27N. The van der Waals surface area contributed by atoms with Crippen LogP contribution in [0.2, 0.25) is 0 Å². The Kier molecular flexibility index (Phi) is 4.22. The van der Waals surface area contributed by atoms with E-state index in [4.69, 9.17) is 0 Å². The number of aryl methyl sites for hydroxylation is 1. The molecule has 1 aliphatic heterocycles. The highest BCUT2D eigenvalue weighted by Crippen LogP contribution is 2.40. The molecule has 0 radical (unpaired) electrons. The van der Waals surface area contributed by atoms with Crippen LogP contribution in [-0.4, -0.2) is 24.5 Å². The molecule has 0 unspecified atom stereocenters. The molecule has 19 heavy (non-hydrogen) atoms. The highest BCUT2D eigenvalue weighted by molar-refractivity contribution is 5.32. The van der Waals surface area contributed by atoms with E-state index in [1.807, 2.05) is 0 Å². The summed E-state index contributed by atoms with van der Waals surface area (Å²) in [6.45, 7) is 6.28. The van der Waals surface area contributed by atoms with Crippen molar-refractivity contribution < 1.29 is 0 Å². The summed E-state index contributed by atoms with van der Waals surface area (Å²) in [6, 6.07) is 9.22. The van der Waals surface area contributed by atoms with Crippen molar-refractivity contribution in [3.8, 4) is 0 Å². The van der Waals surface area contributed by atoms with Gasteiger partial charge in [0.05, 0.1) is 0 Å². The molecule has 0 spiro atoms. The molecule has 0 amide bonds. The lowest BCUT2D eigenvalue weighted by molar-refractivity contribution is 0.146. The third-order valence-corrected chi connectivity index (χ3v) is 5.12. The first-order valence-corrected chi connectivity index (χ1v) is 8.18. The number of benzene rings is 1. The number of piperidine rings is 1. The minimum absolute atomic E-state index is 0.844. The van der Waals surface area contributed by atoms with Gasteiger partial charge in [0.2, 0.25) is 0 Å². The summed E-state index contributed by atoms with van der Waals surface area (Å²) in [7, 11) is 0. The maximum absolute atomic E-state index is 2.72. The van der Waals surface area contributed by atoms with Crippen molar-refractivity contribution in [3.05, 3.63) is 35.4 Å². The Morgan fingerprint density at radius 1 is 1.21 bits per heavy atom. The van der Waals surface area contributed by atoms with Gasteiger partial charge in [-0.1, -0.05) is 37.6 Å². The van der Waals surface area contributed by atoms with E-state index in [1.165, 1.54) is 58.2 Å². The molecule has 1 fully saturated rings. The standard InChI is InChI=1S/C18H27N/c1-2-3-12-19-13-11-18-16(14-19)9-6-8-15-7-4-5-10-17(15)18/h4-5,7,10,16,18H,2-3,6,8-9,11-14H2,1H3/t16-,18-/m0/s1. The van der Waals surface area contributed by atoms with Crippen LogP contribution in [0.1, 0.15) is 56.1 Å². The average Bonchev–Trinajstić information content (AvgIpc) is 2.64. The van der Waals surface area contributed by atoms with Crippen molar-refractivity contribution in [1.82, 2.24) is 4.90 Å². The summed E-state index contributed by atoms with van der Waals surface area (Å²) in [5, 5.41) is 0. The molecular weight excluding hydrogens is 230 g/mol. The van der Waals surface area contributed by atoms with E-state index in [2.05, 4.69) is 36.1 Å². The molecule has 0 N–H and O–H groups in total. The van der Waals surface area contributed by atoms with Crippen LogP contribution in [0.4, 0.5) is 0 Å². The van der Waals surface area contributed by atoms with Gasteiger partial charge in [-0.25, -0.2) is 0 Å². The second-order valence-electron chi connectivity index (χ2n) is 6.40. The fourth-order valence-electron chi connectivity index (χ4n) is 4.07. The van der Waals surface area contributed by atoms with Crippen LogP contribution in [0.15, 0.2) is 24.3 Å². The monoisotopic (exact) mass is 257 g/mol. The Bertz CT molecular complexity index is 412. The van der Waals surface area contributed by atoms with Crippen molar-refractivity contribution in [1.29, 1.82) is 0 Å². The van der Waals surface area contributed by atoms with Crippen LogP contribution in [0.3, 0.4) is 0 Å². The van der Waals surface area contributed by atoms with Crippen LogP contribution in [0, 0.1) is 5.92 Å². The Labute approximate surface area is 118 Å². The van der Waals surface area contributed by atoms with E-state index >= 15 is 0 Å². The minimum atomic E-state index is 0.844. The van der Waals surface area contributed by atoms with Gasteiger partial charge in [0.25, 0.3) is 0 Å². The highest BCUT2D eigenvalue weighted by Gasteiger charge is 2.32. The van der Waals surface area contributed by atoms with Gasteiger partial charge in [-0.15, -0.1) is 0 Å². The largest absolute Gasteiger partial charge is 0.303 e. The third kappa shape index (κ3) is 2.86. The van der Waals surface area contributed by atoms with Gasteiger partial charge in [0.1, 0.15) is 0 Å². The van der Waals surface area contributed by atoms with Crippen LogP contribution in [-0.2, 0) is 6.42 Å². The number of nitrogens with zero attached hydrogens (tertiary/aromatic N) is 1. The summed E-state index contributed by atoms with van der Waals surface area (Å²) in [5.41, 5.74) is 3.32. The Balaban J connectivity index is 1.74. The fraction of sp³-hybridized carbons (Fsp3) is 0.667. The molecule has 0 saturated carbocycles. The lowest BCUT2D eigenvalue weighted by atomic mass is 9.79. The number of likely N-dealkylation sites (tertiary alicyclic amines) is 1. The zero-order valence-electron chi connectivity index (χ0n) is 12.3. The second-order valence-corrected chi connectivity index (χ2v) is 6.40. The predicted octanol–water partition coefficient (Wildman–Crippen LogP) is 4.23. The van der Waals surface area contributed by atoms with Crippen molar-refractivity contribution in [2.24, 2.45) is 5.92 Å². The molecule has 1 heterocycles. The highest BCUT2D eigenvalue weighted by atomic mass is 15.1. The molecule has 2 atom stereocenters. The minimum Gasteiger partial charge on any atom is -0.303 e. The van der Waals surface area contributed by atoms with Gasteiger partial charge in [-0.3, -0.25) is 0 Å². The first-order valence-electron chi connectivity index (χ1n) is 8.18.